The van der Waals surface area contributed by atoms with E-state index in [2.05, 4.69) is 65.6 Å². The maximum Gasteiger partial charge on any atom is 0.193 e. The Morgan fingerprint density at radius 1 is 1.10 bits per heavy atom. The number of nitrogens with zero attached hydrogens (tertiary/aromatic N) is 2. The van der Waals surface area contributed by atoms with Crippen molar-refractivity contribution >= 4 is 5.96 Å². The van der Waals surface area contributed by atoms with Gasteiger partial charge in [-0.3, -0.25) is 4.99 Å². The van der Waals surface area contributed by atoms with E-state index in [1.54, 1.807) is 7.11 Å². The number of rotatable bonds is 6. The molecular weight excluding hydrogens is 362 g/mol. The van der Waals surface area contributed by atoms with Gasteiger partial charge < -0.3 is 19.7 Å². The lowest BCUT2D eigenvalue weighted by molar-refractivity contribution is 0.0512. The highest BCUT2D eigenvalue weighted by molar-refractivity contribution is 5.79. The van der Waals surface area contributed by atoms with Crippen molar-refractivity contribution in [1.82, 2.24) is 10.2 Å². The monoisotopic (exact) mass is 395 g/mol. The Hall–Kier alpha value is -2.53. The van der Waals surface area contributed by atoms with Gasteiger partial charge in [0.2, 0.25) is 0 Å². The largest absolute Gasteiger partial charge is 0.497 e. The topological polar surface area (TPSA) is 46.1 Å². The summed E-state index contributed by atoms with van der Waals surface area (Å²) in [5, 5.41) is 3.63. The SMILES string of the molecule is CN=C(NCC1(c2ccc(OC)cc2)CCOCC1)N(C)Cc1ccc(C)cc1. The lowest BCUT2D eigenvalue weighted by Gasteiger charge is -2.39. The highest BCUT2D eigenvalue weighted by Gasteiger charge is 2.34. The number of aliphatic imine (C=N–C) groups is 1. The summed E-state index contributed by atoms with van der Waals surface area (Å²) in [6.07, 6.45) is 1.98. The molecule has 0 unspecified atom stereocenters. The molecule has 0 spiro atoms. The molecule has 0 atom stereocenters. The van der Waals surface area contributed by atoms with Crippen LogP contribution in [-0.2, 0) is 16.7 Å². The van der Waals surface area contributed by atoms with Gasteiger partial charge >= 0.3 is 0 Å². The van der Waals surface area contributed by atoms with Crippen LogP contribution in [0.15, 0.2) is 53.5 Å². The minimum atomic E-state index is 0.0329. The summed E-state index contributed by atoms with van der Waals surface area (Å²) >= 11 is 0. The Labute approximate surface area is 174 Å². The van der Waals surface area contributed by atoms with Gasteiger partial charge in [-0.25, -0.2) is 0 Å². The third-order valence-corrected chi connectivity index (χ3v) is 5.85. The van der Waals surface area contributed by atoms with E-state index in [-0.39, 0.29) is 5.41 Å². The summed E-state index contributed by atoms with van der Waals surface area (Å²) in [6.45, 7) is 5.32. The highest BCUT2D eigenvalue weighted by atomic mass is 16.5. The van der Waals surface area contributed by atoms with Crippen LogP contribution >= 0.6 is 0 Å². The van der Waals surface area contributed by atoms with Gasteiger partial charge in [0.1, 0.15) is 5.75 Å². The van der Waals surface area contributed by atoms with Gasteiger partial charge in [-0.05, 0) is 43.0 Å². The number of benzene rings is 2. The Kier molecular flexibility index (Phi) is 7.15. The van der Waals surface area contributed by atoms with Crippen molar-refractivity contribution in [3.8, 4) is 5.75 Å². The molecule has 29 heavy (non-hydrogen) atoms. The minimum Gasteiger partial charge on any atom is -0.497 e. The van der Waals surface area contributed by atoms with Crippen molar-refractivity contribution in [3.05, 3.63) is 65.2 Å². The molecular formula is C24H33N3O2. The predicted octanol–water partition coefficient (Wildman–Crippen LogP) is 3.76. The maximum absolute atomic E-state index is 5.67. The molecule has 0 amide bonds. The fourth-order valence-electron chi connectivity index (χ4n) is 3.95. The number of aryl methyl sites for hydroxylation is 1. The van der Waals surface area contributed by atoms with E-state index in [1.807, 2.05) is 19.2 Å². The molecule has 0 bridgehead atoms. The molecule has 0 aliphatic carbocycles. The van der Waals surface area contributed by atoms with E-state index in [0.29, 0.717) is 0 Å². The third kappa shape index (κ3) is 5.30. The van der Waals surface area contributed by atoms with E-state index >= 15 is 0 Å². The van der Waals surface area contributed by atoms with Crippen LogP contribution in [0.4, 0.5) is 0 Å². The quantitative estimate of drug-likeness (QED) is 0.598. The van der Waals surface area contributed by atoms with Gasteiger partial charge in [-0.1, -0.05) is 42.0 Å². The first-order chi connectivity index (χ1) is 14.1. The smallest absolute Gasteiger partial charge is 0.193 e. The predicted molar refractivity (Wildman–Crippen MR) is 119 cm³/mol. The van der Waals surface area contributed by atoms with Crippen LogP contribution in [0.2, 0.25) is 0 Å². The molecule has 1 aliphatic rings. The average molecular weight is 396 g/mol. The molecule has 2 aromatic carbocycles. The van der Waals surface area contributed by atoms with E-state index in [9.17, 15) is 0 Å². The molecule has 1 heterocycles. The van der Waals surface area contributed by atoms with E-state index in [0.717, 1.165) is 50.9 Å². The van der Waals surface area contributed by atoms with Gasteiger partial charge in [-0.15, -0.1) is 0 Å². The van der Waals surface area contributed by atoms with Crippen LogP contribution in [0.5, 0.6) is 5.75 Å². The highest BCUT2D eigenvalue weighted by Crippen LogP contribution is 2.35. The van der Waals surface area contributed by atoms with Crippen LogP contribution in [-0.4, -0.2) is 51.8 Å². The van der Waals surface area contributed by atoms with E-state index in [1.165, 1.54) is 16.7 Å². The number of ether oxygens (including phenoxy) is 2. The summed E-state index contributed by atoms with van der Waals surface area (Å²) in [4.78, 5) is 6.69. The Bertz CT molecular complexity index is 794. The van der Waals surface area contributed by atoms with Gasteiger partial charge in [0, 0.05) is 45.8 Å². The molecule has 5 nitrogen and oxygen atoms in total. The van der Waals surface area contributed by atoms with Crippen molar-refractivity contribution in [2.75, 3.05) is 41.0 Å². The number of methoxy groups -OCH3 is 1. The Morgan fingerprint density at radius 3 is 2.34 bits per heavy atom. The Morgan fingerprint density at radius 2 is 1.76 bits per heavy atom. The summed E-state index contributed by atoms with van der Waals surface area (Å²) in [5.74, 6) is 1.79. The van der Waals surface area contributed by atoms with Crippen molar-refractivity contribution in [3.63, 3.8) is 0 Å². The summed E-state index contributed by atoms with van der Waals surface area (Å²) in [6, 6.07) is 17.1. The molecule has 3 rings (SSSR count). The zero-order chi connectivity index (χ0) is 20.7. The first-order valence-corrected chi connectivity index (χ1v) is 10.3. The van der Waals surface area contributed by atoms with Crippen LogP contribution in [0.25, 0.3) is 0 Å². The standard InChI is InChI=1S/C24H33N3O2/c1-19-5-7-20(8-6-19)17-27(3)23(25-2)26-18-24(13-15-29-16-14-24)21-9-11-22(28-4)12-10-21/h5-12H,13-18H2,1-4H3,(H,25,26). The fourth-order valence-corrected chi connectivity index (χ4v) is 3.95. The lowest BCUT2D eigenvalue weighted by Crippen LogP contribution is -2.48. The van der Waals surface area contributed by atoms with Crippen molar-refractivity contribution < 1.29 is 9.47 Å². The van der Waals surface area contributed by atoms with Crippen molar-refractivity contribution in [2.24, 2.45) is 4.99 Å². The first kappa shape index (κ1) is 21.2. The zero-order valence-corrected chi connectivity index (χ0v) is 18.1. The number of hydrogen-bond donors (Lipinski definition) is 1. The molecule has 156 valence electrons. The molecule has 0 radical (unpaired) electrons. The summed E-state index contributed by atoms with van der Waals surface area (Å²) in [5.41, 5.74) is 3.91. The fraction of sp³-hybridized carbons (Fsp3) is 0.458. The third-order valence-electron chi connectivity index (χ3n) is 5.85. The number of nitrogens with one attached hydrogen (secondary N) is 1. The van der Waals surface area contributed by atoms with Crippen molar-refractivity contribution in [1.29, 1.82) is 0 Å². The van der Waals surface area contributed by atoms with E-state index in [4.69, 9.17) is 9.47 Å². The van der Waals surface area contributed by atoms with Gasteiger partial charge in [0.25, 0.3) is 0 Å². The second-order valence-electron chi connectivity index (χ2n) is 7.86. The van der Waals surface area contributed by atoms with Crippen molar-refractivity contribution in [2.45, 2.75) is 31.7 Å². The number of hydrogen-bond acceptors (Lipinski definition) is 3. The van der Waals surface area contributed by atoms with E-state index < -0.39 is 0 Å². The molecule has 1 fully saturated rings. The van der Waals surface area contributed by atoms with Crippen LogP contribution < -0.4 is 10.1 Å². The second kappa shape index (κ2) is 9.79. The molecule has 5 heteroatoms. The van der Waals surface area contributed by atoms with Gasteiger partial charge in [0.15, 0.2) is 5.96 Å². The summed E-state index contributed by atoms with van der Waals surface area (Å²) < 4.78 is 11.0. The van der Waals surface area contributed by atoms with Gasteiger partial charge in [0.05, 0.1) is 7.11 Å². The minimum absolute atomic E-state index is 0.0329. The molecule has 0 aromatic heterocycles. The molecule has 1 N–H and O–H groups in total. The molecule has 2 aromatic rings. The second-order valence-corrected chi connectivity index (χ2v) is 7.86. The lowest BCUT2D eigenvalue weighted by atomic mass is 9.74. The number of guanidine groups is 1. The maximum atomic E-state index is 5.67. The van der Waals surface area contributed by atoms with Gasteiger partial charge in [-0.2, -0.15) is 0 Å². The Balaban J connectivity index is 1.70. The van der Waals surface area contributed by atoms with Crippen LogP contribution in [0, 0.1) is 6.92 Å². The molecule has 1 saturated heterocycles. The van der Waals surface area contributed by atoms with Crippen LogP contribution in [0.3, 0.4) is 0 Å². The summed E-state index contributed by atoms with van der Waals surface area (Å²) in [7, 11) is 5.63. The average Bonchev–Trinajstić information content (AvgIpc) is 2.76. The first-order valence-electron chi connectivity index (χ1n) is 10.3. The molecule has 1 aliphatic heterocycles. The normalized spacial score (nSPS) is 16.3. The van der Waals surface area contributed by atoms with Crippen LogP contribution in [0.1, 0.15) is 29.5 Å². The molecule has 0 saturated carbocycles. The zero-order valence-electron chi connectivity index (χ0n) is 18.1.